The van der Waals surface area contributed by atoms with E-state index in [0.29, 0.717) is 11.8 Å². The molecule has 1 nitrogen and oxygen atoms in total. The number of aryl methyl sites for hydroxylation is 1. The second kappa shape index (κ2) is 5.09. The van der Waals surface area contributed by atoms with E-state index < -0.39 is 0 Å². The zero-order valence-electron chi connectivity index (χ0n) is 11.6. The molecule has 0 bridgehead atoms. The van der Waals surface area contributed by atoms with Crippen molar-refractivity contribution in [2.45, 2.75) is 51.9 Å². The van der Waals surface area contributed by atoms with E-state index in [1.807, 2.05) is 0 Å². The van der Waals surface area contributed by atoms with Crippen LogP contribution in [0.5, 0.6) is 0 Å². The number of hydrogen-bond donors (Lipinski definition) is 0. The fraction of sp³-hybridized carbons (Fsp3) is 0.471. The number of carbonyl (C=O) groups is 1. The molecule has 0 unspecified atom stereocenters. The van der Waals surface area contributed by atoms with Crippen molar-refractivity contribution in [1.82, 2.24) is 0 Å². The third kappa shape index (κ3) is 2.72. The van der Waals surface area contributed by atoms with Crippen LogP contribution in [0.4, 0.5) is 0 Å². The monoisotopic (exact) mass is 242 g/mol. The first-order valence-electron chi connectivity index (χ1n) is 6.77. The summed E-state index contributed by atoms with van der Waals surface area (Å²) in [4.78, 5) is 10.4. The van der Waals surface area contributed by atoms with Gasteiger partial charge in [-0.25, -0.2) is 0 Å². The largest absolute Gasteiger partial charge is 0.303 e. The van der Waals surface area contributed by atoms with E-state index in [-0.39, 0.29) is 0 Å². The fourth-order valence-corrected chi connectivity index (χ4v) is 2.80. The van der Waals surface area contributed by atoms with Gasteiger partial charge in [-0.2, -0.15) is 0 Å². The average Bonchev–Trinajstić information content (AvgIpc) is 2.62. The minimum Gasteiger partial charge on any atom is -0.303 e. The van der Waals surface area contributed by atoms with Gasteiger partial charge in [-0.05, 0) is 48.3 Å². The molecule has 0 saturated carbocycles. The van der Waals surface area contributed by atoms with Crippen molar-refractivity contribution >= 4 is 12.4 Å². The van der Waals surface area contributed by atoms with E-state index >= 15 is 0 Å². The third-order valence-corrected chi connectivity index (χ3v) is 3.95. The molecule has 2 rings (SSSR count). The zero-order valence-corrected chi connectivity index (χ0v) is 11.6. The number of allylic oxidation sites excluding steroid dienone is 1. The van der Waals surface area contributed by atoms with Crippen molar-refractivity contribution in [1.29, 1.82) is 0 Å². The van der Waals surface area contributed by atoms with E-state index in [0.717, 1.165) is 12.7 Å². The van der Waals surface area contributed by atoms with Crippen LogP contribution in [0.2, 0.25) is 0 Å². The van der Waals surface area contributed by atoms with Crippen LogP contribution >= 0.6 is 0 Å². The van der Waals surface area contributed by atoms with Crippen LogP contribution in [-0.2, 0) is 16.6 Å². The predicted molar refractivity (Wildman–Crippen MR) is 76.7 cm³/mol. The Kier molecular flexibility index (Phi) is 3.70. The number of carbonyl (C=O) groups excluding carboxylic acids is 1. The molecule has 0 spiro atoms. The van der Waals surface area contributed by atoms with Crippen LogP contribution in [0.3, 0.4) is 0 Å². The van der Waals surface area contributed by atoms with Crippen molar-refractivity contribution in [2.75, 3.05) is 0 Å². The van der Waals surface area contributed by atoms with Crippen molar-refractivity contribution in [2.24, 2.45) is 0 Å². The van der Waals surface area contributed by atoms with Crippen LogP contribution in [0.25, 0.3) is 6.08 Å². The van der Waals surface area contributed by atoms with Gasteiger partial charge < -0.3 is 4.79 Å². The smallest absolute Gasteiger partial charge is 0.120 e. The molecule has 0 heterocycles. The van der Waals surface area contributed by atoms with Crippen molar-refractivity contribution in [3.05, 3.63) is 40.5 Å². The van der Waals surface area contributed by atoms with Crippen LogP contribution in [-0.4, -0.2) is 6.29 Å². The third-order valence-electron chi connectivity index (χ3n) is 3.95. The molecule has 0 N–H and O–H groups in total. The number of fused-ring (bicyclic) bond motifs is 1. The molecule has 0 saturated heterocycles. The van der Waals surface area contributed by atoms with Gasteiger partial charge in [0, 0.05) is 6.42 Å². The lowest BCUT2D eigenvalue weighted by Crippen LogP contribution is -2.11. The molecule has 0 fully saturated rings. The fourth-order valence-electron chi connectivity index (χ4n) is 2.80. The van der Waals surface area contributed by atoms with E-state index in [2.05, 4.69) is 45.0 Å². The maximum atomic E-state index is 10.4. The minimum atomic E-state index is 0.337. The maximum absolute atomic E-state index is 10.4. The first-order chi connectivity index (χ1) is 8.53. The molecule has 1 heteroatoms. The highest BCUT2D eigenvalue weighted by molar-refractivity contribution is 5.57. The van der Waals surface area contributed by atoms with Gasteiger partial charge in [0.1, 0.15) is 6.29 Å². The topological polar surface area (TPSA) is 17.1 Å². The highest BCUT2D eigenvalue weighted by Crippen LogP contribution is 2.38. The molecular weight excluding hydrogens is 220 g/mol. The van der Waals surface area contributed by atoms with Gasteiger partial charge in [0.2, 0.25) is 0 Å². The van der Waals surface area contributed by atoms with Gasteiger partial charge in [-0.1, -0.05) is 43.7 Å². The number of rotatable bonds is 4. The van der Waals surface area contributed by atoms with Gasteiger partial charge in [0.25, 0.3) is 0 Å². The van der Waals surface area contributed by atoms with Gasteiger partial charge in [-0.15, -0.1) is 0 Å². The number of hydrogen-bond acceptors (Lipinski definition) is 1. The molecular formula is C17H22O. The summed E-state index contributed by atoms with van der Waals surface area (Å²) < 4.78 is 0. The maximum Gasteiger partial charge on any atom is 0.120 e. The van der Waals surface area contributed by atoms with Crippen molar-refractivity contribution in [3.63, 3.8) is 0 Å². The van der Waals surface area contributed by atoms with E-state index in [1.165, 1.54) is 35.1 Å². The van der Waals surface area contributed by atoms with Gasteiger partial charge in [-0.3, -0.25) is 0 Å². The molecule has 0 atom stereocenters. The van der Waals surface area contributed by atoms with Crippen molar-refractivity contribution in [3.8, 4) is 0 Å². The summed E-state index contributed by atoms with van der Waals surface area (Å²) >= 11 is 0. The highest BCUT2D eigenvalue weighted by Gasteiger charge is 2.29. The molecule has 1 aromatic carbocycles. The molecule has 1 aromatic rings. The summed E-state index contributed by atoms with van der Waals surface area (Å²) in [6.45, 7) is 6.74. The lowest BCUT2D eigenvalue weighted by molar-refractivity contribution is -0.107. The SMILES string of the molecule is C/C(=C/c1ccc2c(c1)CCC2(C)C)CCC=O. The average molecular weight is 242 g/mol. The van der Waals surface area contributed by atoms with E-state index in [9.17, 15) is 4.79 Å². The van der Waals surface area contributed by atoms with E-state index in [4.69, 9.17) is 0 Å². The van der Waals surface area contributed by atoms with Gasteiger partial charge in [0.15, 0.2) is 0 Å². The molecule has 96 valence electrons. The Hall–Kier alpha value is -1.37. The summed E-state index contributed by atoms with van der Waals surface area (Å²) in [6.07, 6.45) is 7.13. The lowest BCUT2D eigenvalue weighted by Gasteiger charge is -2.18. The molecule has 1 aliphatic carbocycles. The summed E-state index contributed by atoms with van der Waals surface area (Å²) in [7, 11) is 0. The van der Waals surface area contributed by atoms with Crippen LogP contribution in [0, 0.1) is 0 Å². The Labute approximate surface area is 110 Å². The Morgan fingerprint density at radius 1 is 1.39 bits per heavy atom. The summed E-state index contributed by atoms with van der Waals surface area (Å²) in [5, 5.41) is 0. The number of benzene rings is 1. The zero-order chi connectivity index (χ0) is 13.2. The Balaban J connectivity index is 2.20. The van der Waals surface area contributed by atoms with Gasteiger partial charge >= 0.3 is 0 Å². The van der Waals surface area contributed by atoms with Crippen LogP contribution < -0.4 is 0 Å². The quantitative estimate of drug-likeness (QED) is 0.720. The summed E-state index contributed by atoms with van der Waals surface area (Å²) in [5.74, 6) is 0. The molecule has 18 heavy (non-hydrogen) atoms. The molecule has 0 aliphatic heterocycles. The summed E-state index contributed by atoms with van der Waals surface area (Å²) in [6, 6.07) is 6.80. The second-order valence-electron chi connectivity index (χ2n) is 6.00. The van der Waals surface area contributed by atoms with Crippen LogP contribution in [0.15, 0.2) is 23.8 Å². The predicted octanol–water partition coefficient (Wildman–Crippen LogP) is 4.29. The molecule has 0 amide bonds. The number of aldehydes is 1. The Bertz CT molecular complexity index is 480. The highest BCUT2D eigenvalue weighted by atomic mass is 16.1. The van der Waals surface area contributed by atoms with E-state index in [1.54, 1.807) is 0 Å². The standard InChI is InChI=1S/C17H22O/c1-13(5-4-10-18)11-14-6-7-16-15(12-14)8-9-17(16,2)3/h6-7,10-12H,4-5,8-9H2,1-3H3/b13-11-. The van der Waals surface area contributed by atoms with Gasteiger partial charge in [0.05, 0.1) is 0 Å². The first-order valence-corrected chi connectivity index (χ1v) is 6.77. The normalized spacial score (nSPS) is 17.6. The summed E-state index contributed by atoms with van der Waals surface area (Å²) in [5.41, 5.74) is 5.89. The molecule has 0 aromatic heterocycles. The first kappa shape index (κ1) is 13.1. The Morgan fingerprint density at radius 3 is 2.89 bits per heavy atom. The van der Waals surface area contributed by atoms with Crippen LogP contribution in [0.1, 0.15) is 56.7 Å². The molecule has 0 radical (unpaired) electrons. The lowest BCUT2D eigenvalue weighted by atomic mass is 9.86. The second-order valence-corrected chi connectivity index (χ2v) is 6.00. The minimum absolute atomic E-state index is 0.337. The molecule has 1 aliphatic rings. The van der Waals surface area contributed by atoms with Crippen molar-refractivity contribution < 1.29 is 4.79 Å². The Morgan fingerprint density at radius 2 is 2.17 bits per heavy atom.